The third-order valence-corrected chi connectivity index (χ3v) is 3.10. The van der Waals surface area contributed by atoms with E-state index in [1.165, 1.54) is 0 Å². The Morgan fingerprint density at radius 2 is 1.68 bits per heavy atom. The van der Waals surface area contributed by atoms with E-state index in [4.69, 9.17) is 10.5 Å². The minimum absolute atomic E-state index is 0.379. The summed E-state index contributed by atoms with van der Waals surface area (Å²) >= 11 is 0. The lowest BCUT2D eigenvalue weighted by molar-refractivity contribution is 0.406. The number of nitrogens with two attached hydrogens (primary N) is 1. The van der Waals surface area contributed by atoms with Crippen LogP contribution in [0.5, 0.6) is 5.75 Å². The predicted octanol–water partition coefficient (Wildman–Crippen LogP) is 2.46. The van der Waals surface area contributed by atoms with E-state index in [0.717, 1.165) is 28.0 Å². The molecule has 2 rings (SSSR count). The first kappa shape index (κ1) is 13.5. The Morgan fingerprint density at radius 3 is 2.26 bits per heavy atom. The fourth-order valence-corrected chi connectivity index (χ4v) is 2.20. The van der Waals surface area contributed by atoms with Crippen LogP contribution in [0.4, 0.5) is 0 Å². The number of nitrogens with zero attached hydrogens (tertiary/aromatic N) is 2. The van der Waals surface area contributed by atoms with Crippen LogP contribution in [0.25, 0.3) is 0 Å². The van der Waals surface area contributed by atoms with Gasteiger partial charge in [0.15, 0.2) is 0 Å². The summed E-state index contributed by atoms with van der Waals surface area (Å²) < 4.78 is 5.44. The number of rotatable bonds is 3. The number of ether oxygens (including phenoxy) is 1. The molecular weight excluding hydrogens is 238 g/mol. The summed E-state index contributed by atoms with van der Waals surface area (Å²) in [6, 6.07) is 3.69. The zero-order valence-electron chi connectivity index (χ0n) is 11.8. The van der Waals surface area contributed by atoms with E-state index in [-0.39, 0.29) is 6.04 Å². The molecule has 0 aliphatic heterocycles. The number of aryl methyl sites for hydroxylation is 3. The van der Waals surface area contributed by atoms with E-state index in [0.29, 0.717) is 5.82 Å². The van der Waals surface area contributed by atoms with Crippen LogP contribution in [-0.2, 0) is 0 Å². The van der Waals surface area contributed by atoms with E-state index in [1.54, 1.807) is 19.5 Å². The average molecular weight is 257 g/mol. The molecule has 0 aliphatic rings. The predicted molar refractivity (Wildman–Crippen MR) is 75.3 cm³/mol. The Kier molecular flexibility index (Phi) is 3.81. The van der Waals surface area contributed by atoms with Crippen LogP contribution >= 0.6 is 0 Å². The zero-order chi connectivity index (χ0) is 14.0. The van der Waals surface area contributed by atoms with Gasteiger partial charge in [0.2, 0.25) is 0 Å². The summed E-state index contributed by atoms with van der Waals surface area (Å²) in [7, 11) is 1.65. The zero-order valence-corrected chi connectivity index (χ0v) is 11.8. The molecule has 4 heteroatoms. The minimum Gasteiger partial charge on any atom is -0.496 e. The van der Waals surface area contributed by atoms with Gasteiger partial charge in [-0.05, 0) is 43.5 Å². The van der Waals surface area contributed by atoms with Crippen molar-refractivity contribution in [2.24, 2.45) is 5.73 Å². The van der Waals surface area contributed by atoms with Crippen molar-refractivity contribution in [3.63, 3.8) is 0 Å². The minimum atomic E-state index is -0.379. The van der Waals surface area contributed by atoms with Gasteiger partial charge in [0.1, 0.15) is 11.6 Å². The monoisotopic (exact) mass is 257 g/mol. The second kappa shape index (κ2) is 5.36. The molecule has 0 amide bonds. The van der Waals surface area contributed by atoms with Crippen LogP contribution < -0.4 is 10.5 Å². The molecule has 1 atom stereocenters. The van der Waals surface area contributed by atoms with Gasteiger partial charge < -0.3 is 10.5 Å². The molecule has 0 fully saturated rings. The molecule has 0 radical (unpaired) electrons. The fraction of sp³-hybridized carbons (Fsp3) is 0.333. The highest BCUT2D eigenvalue weighted by molar-refractivity contribution is 5.46. The molecule has 0 saturated carbocycles. The first-order chi connectivity index (χ1) is 9.02. The topological polar surface area (TPSA) is 61.0 Å². The molecule has 1 unspecified atom stereocenters. The van der Waals surface area contributed by atoms with Crippen molar-refractivity contribution in [1.82, 2.24) is 9.97 Å². The largest absolute Gasteiger partial charge is 0.496 e. The van der Waals surface area contributed by atoms with Crippen molar-refractivity contribution in [3.05, 3.63) is 52.6 Å². The van der Waals surface area contributed by atoms with Crippen LogP contribution in [0.1, 0.15) is 34.1 Å². The molecular formula is C15H19N3O. The van der Waals surface area contributed by atoms with Crippen LogP contribution in [0.3, 0.4) is 0 Å². The average Bonchev–Trinajstić information content (AvgIpc) is 2.38. The van der Waals surface area contributed by atoms with Gasteiger partial charge in [-0.2, -0.15) is 0 Å². The maximum Gasteiger partial charge on any atom is 0.149 e. The molecule has 1 aromatic carbocycles. The van der Waals surface area contributed by atoms with Gasteiger partial charge >= 0.3 is 0 Å². The highest BCUT2D eigenvalue weighted by atomic mass is 16.5. The molecule has 0 bridgehead atoms. The van der Waals surface area contributed by atoms with Gasteiger partial charge in [-0.3, -0.25) is 0 Å². The van der Waals surface area contributed by atoms with Crippen LogP contribution in [0.2, 0.25) is 0 Å². The van der Waals surface area contributed by atoms with E-state index in [1.807, 2.05) is 26.8 Å². The number of hydrogen-bond donors (Lipinski definition) is 1. The first-order valence-electron chi connectivity index (χ1n) is 6.22. The van der Waals surface area contributed by atoms with E-state index < -0.39 is 0 Å². The highest BCUT2D eigenvalue weighted by Gasteiger charge is 2.19. The van der Waals surface area contributed by atoms with Crippen LogP contribution in [0, 0.1) is 20.8 Å². The van der Waals surface area contributed by atoms with Gasteiger partial charge in [0.25, 0.3) is 0 Å². The molecule has 0 spiro atoms. The maximum atomic E-state index is 6.29. The van der Waals surface area contributed by atoms with Crippen molar-refractivity contribution < 1.29 is 4.74 Å². The van der Waals surface area contributed by atoms with E-state index in [9.17, 15) is 0 Å². The number of methoxy groups -OCH3 is 1. The molecule has 0 aliphatic carbocycles. The molecule has 19 heavy (non-hydrogen) atoms. The lowest BCUT2D eigenvalue weighted by Gasteiger charge is -2.18. The lowest BCUT2D eigenvalue weighted by atomic mass is 9.97. The summed E-state index contributed by atoms with van der Waals surface area (Å²) in [4.78, 5) is 8.60. The Morgan fingerprint density at radius 1 is 1.05 bits per heavy atom. The Balaban J connectivity index is 2.49. The standard InChI is InChI=1S/C15H19N3O/c1-9-5-11(3)13(12(6-9)19-4)14(16)15-17-7-10(2)8-18-15/h5-8,14H,16H2,1-4H3. The van der Waals surface area contributed by atoms with E-state index >= 15 is 0 Å². The molecule has 2 aromatic rings. The molecule has 1 aromatic heterocycles. The quantitative estimate of drug-likeness (QED) is 0.917. The fourth-order valence-electron chi connectivity index (χ4n) is 2.20. The summed E-state index contributed by atoms with van der Waals surface area (Å²) in [6.45, 7) is 6.01. The summed E-state index contributed by atoms with van der Waals surface area (Å²) in [5.74, 6) is 1.39. The van der Waals surface area contributed by atoms with Crippen molar-refractivity contribution in [1.29, 1.82) is 0 Å². The number of hydrogen-bond acceptors (Lipinski definition) is 4. The Bertz CT molecular complexity index is 579. The third-order valence-electron chi connectivity index (χ3n) is 3.10. The van der Waals surface area contributed by atoms with Gasteiger partial charge in [-0.25, -0.2) is 9.97 Å². The second-order valence-corrected chi connectivity index (χ2v) is 4.79. The summed E-state index contributed by atoms with van der Waals surface area (Å²) in [5, 5.41) is 0. The molecule has 4 nitrogen and oxygen atoms in total. The second-order valence-electron chi connectivity index (χ2n) is 4.79. The Labute approximate surface area is 113 Å². The van der Waals surface area contributed by atoms with Gasteiger partial charge in [0, 0.05) is 18.0 Å². The molecule has 1 heterocycles. The van der Waals surface area contributed by atoms with E-state index in [2.05, 4.69) is 16.0 Å². The molecule has 100 valence electrons. The first-order valence-corrected chi connectivity index (χ1v) is 6.22. The number of aromatic nitrogens is 2. The number of benzene rings is 1. The Hall–Kier alpha value is -1.94. The van der Waals surface area contributed by atoms with Crippen LogP contribution in [0.15, 0.2) is 24.5 Å². The highest BCUT2D eigenvalue weighted by Crippen LogP contribution is 2.31. The van der Waals surface area contributed by atoms with Crippen molar-refractivity contribution in [2.45, 2.75) is 26.8 Å². The summed E-state index contributed by atoms with van der Waals surface area (Å²) in [5.41, 5.74) is 10.5. The van der Waals surface area contributed by atoms with Crippen molar-refractivity contribution in [3.8, 4) is 5.75 Å². The normalized spacial score (nSPS) is 12.3. The maximum absolute atomic E-state index is 6.29. The SMILES string of the molecule is COc1cc(C)cc(C)c1C(N)c1ncc(C)cn1. The smallest absolute Gasteiger partial charge is 0.149 e. The van der Waals surface area contributed by atoms with Crippen molar-refractivity contribution >= 4 is 0 Å². The molecule has 2 N–H and O–H groups in total. The van der Waals surface area contributed by atoms with Gasteiger partial charge in [-0.15, -0.1) is 0 Å². The van der Waals surface area contributed by atoms with Crippen molar-refractivity contribution in [2.75, 3.05) is 7.11 Å². The third kappa shape index (κ3) is 2.74. The molecule has 0 saturated heterocycles. The lowest BCUT2D eigenvalue weighted by Crippen LogP contribution is -2.17. The van der Waals surface area contributed by atoms with Gasteiger partial charge in [-0.1, -0.05) is 6.07 Å². The van der Waals surface area contributed by atoms with Gasteiger partial charge in [0.05, 0.1) is 13.2 Å². The van der Waals surface area contributed by atoms with Crippen LogP contribution in [-0.4, -0.2) is 17.1 Å². The summed E-state index contributed by atoms with van der Waals surface area (Å²) in [6.07, 6.45) is 3.55.